The van der Waals surface area contributed by atoms with E-state index in [9.17, 15) is 4.79 Å². The fraction of sp³-hybridized carbons (Fsp3) is 0.348. The third-order valence-corrected chi connectivity index (χ3v) is 5.28. The number of ether oxygens (including phenoxy) is 2. The number of hydrogen-bond donors (Lipinski definition) is 2. The van der Waals surface area contributed by atoms with E-state index in [1.165, 1.54) is 0 Å². The minimum atomic E-state index is -0.171. The Labute approximate surface area is 166 Å². The van der Waals surface area contributed by atoms with Crippen molar-refractivity contribution >= 4 is 16.7 Å². The quantitative estimate of drug-likeness (QED) is 0.589. The minimum absolute atomic E-state index is 0.158. The molecule has 0 amide bonds. The van der Waals surface area contributed by atoms with Crippen LogP contribution in [0.4, 0.5) is 0 Å². The lowest BCUT2D eigenvalue weighted by Crippen LogP contribution is -3.12. The number of nitrogens with one attached hydrogen (secondary N) is 2. The monoisotopic (exact) mass is 381 g/mol. The molecule has 148 valence electrons. The van der Waals surface area contributed by atoms with Gasteiger partial charge in [-0.25, -0.2) is 0 Å². The molecule has 0 aliphatic carbocycles. The van der Waals surface area contributed by atoms with E-state index < -0.39 is 0 Å². The summed E-state index contributed by atoms with van der Waals surface area (Å²) in [6.45, 7) is 7.22. The average molecular weight is 381 g/mol. The van der Waals surface area contributed by atoms with Crippen LogP contribution in [-0.4, -0.2) is 37.6 Å². The van der Waals surface area contributed by atoms with Crippen molar-refractivity contribution in [1.29, 1.82) is 0 Å². The predicted molar refractivity (Wildman–Crippen MR) is 112 cm³/mol. The highest BCUT2D eigenvalue weighted by molar-refractivity contribution is 6.10. The number of Topliss-reactive ketones (excluding diaryl/α,β-unsaturated/α-hetero) is 1. The van der Waals surface area contributed by atoms with Crippen molar-refractivity contribution in [2.45, 2.75) is 33.4 Å². The summed E-state index contributed by atoms with van der Waals surface area (Å²) in [5.41, 5.74) is 3.83. The Kier molecular flexibility index (Phi) is 6.05. The molecule has 0 aliphatic rings. The molecule has 5 nitrogen and oxygen atoms in total. The van der Waals surface area contributed by atoms with Crippen LogP contribution < -0.4 is 14.4 Å². The highest BCUT2D eigenvalue weighted by Crippen LogP contribution is 2.28. The first kappa shape index (κ1) is 20.0. The molecule has 5 heteroatoms. The van der Waals surface area contributed by atoms with E-state index in [0.717, 1.165) is 50.7 Å². The molecule has 0 bridgehead atoms. The van der Waals surface area contributed by atoms with Crippen molar-refractivity contribution in [3.63, 3.8) is 0 Å². The normalized spacial score (nSPS) is 13.3. The molecule has 2 N–H and O–H groups in total. The fourth-order valence-corrected chi connectivity index (χ4v) is 3.61. The molecule has 3 rings (SSSR count). The molecular formula is C23H29N2O3+. The molecule has 2 atom stereocenters. The molecule has 0 saturated carbocycles. The van der Waals surface area contributed by atoms with Crippen LogP contribution in [0.5, 0.6) is 11.5 Å². The number of benzene rings is 2. The Hall–Kier alpha value is -2.79. The van der Waals surface area contributed by atoms with Crippen LogP contribution >= 0.6 is 0 Å². The van der Waals surface area contributed by atoms with Crippen LogP contribution in [0.1, 0.15) is 35.5 Å². The lowest BCUT2D eigenvalue weighted by molar-refractivity contribution is -0.907. The van der Waals surface area contributed by atoms with Gasteiger partial charge in [-0.3, -0.25) is 4.79 Å². The van der Waals surface area contributed by atoms with E-state index in [1.807, 2.05) is 63.2 Å². The second-order valence-corrected chi connectivity index (χ2v) is 7.20. The minimum Gasteiger partial charge on any atom is -0.493 e. The zero-order valence-corrected chi connectivity index (χ0v) is 17.3. The van der Waals surface area contributed by atoms with Gasteiger partial charge < -0.3 is 19.4 Å². The van der Waals surface area contributed by atoms with Gasteiger partial charge in [0.2, 0.25) is 5.78 Å². The zero-order chi connectivity index (χ0) is 20.3. The molecule has 1 heterocycles. The molecule has 1 aromatic heterocycles. The van der Waals surface area contributed by atoms with E-state index in [-0.39, 0.29) is 11.8 Å². The molecule has 0 spiro atoms. The third-order valence-electron chi connectivity index (χ3n) is 5.28. The van der Waals surface area contributed by atoms with Crippen molar-refractivity contribution < 1.29 is 19.2 Å². The van der Waals surface area contributed by atoms with Gasteiger partial charge in [-0.1, -0.05) is 18.2 Å². The third kappa shape index (κ3) is 3.90. The van der Waals surface area contributed by atoms with Gasteiger partial charge >= 0.3 is 0 Å². The number of methoxy groups -OCH3 is 1. The van der Waals surface area contributed by atoms with Crippen LogP contribution in [0, 0.1) is 6.92 Å². The number of para-hydroxylation sites is 1. The molecule has 0 saturated heterocycles. The first-order chi connectivity index (χ1) is 13.5. The number of fused-ring (bicyclic) bond motifs is 1. The number of ketones is 1. The summed E-state index contributed by atoms with van der Waals surface area (Å²) in [6, 6.07) is 13.7. The van der Waals surface area contributed by atoms with Crippen molar-refractivity contribution in [2.24, 2.45) is 0 Å². The Morgan fingerprint density at radius 3 is 2.64 bits per heavy atom. The topological polar surface area (TPSA) is 55.8 Å². The Balaban J connectivity index is 1.79. The summed E-state index contributed by atoms with van der Waals surface area (Å²) in [5, 5.41) is 0.993. The Morgan fingerprint density at radius 1 is 1.18 bits per heavy atom. The number of aromatic nitrogens is 1. The maximum Gasteiger partial charge on any atom is 0.222 e. The van der Waals surface area contributed by atoms with Crippen molar-refractivity contribution in [2.75, 3.05) is 20.8 Å². The number of H-pyrrole nitrogens is 1. The molecule has 0 aliphatic heterocycles. The van der Waals surface area contributed by atoms with Crippen LogP contribution in [0.15, 0.2) is 42.5 Å². The maximum absolute atomic E-state index is 13.2. The highest BCUT2D eigenvalue weighted by atomic mass is 16.5. The van der Waals surface area contributed by atoms with Crippen LogP contribution in [0.3, 0.4) is 0 Å². The zero-order valence-electron chi connectivity index (χ0n) is 17.3. The van der Waals surface area contributed by atoms with Gasteiger partial charge in [0, 0.05) is 22.2 Å². The van der Waals surface area contributed by atoms with Gasteiger partial charge in [-0.15, -0.1) is 0 Å². The summed E-state index contributed by atoms with van der Waals surface area (Å²) >= 11 is 0. The number of rotatable bonds is 8. The number of carbonyl (C=O) groups excluding carboxylic acids is 1. The summed E-state index contributed by atoms with van der Waals surface area (Å²) in [4.78, 5) is 17.7. The average Bonchev–Trinajstić information content (AvgIpc) is 3.03. The van der Waals surface area contributed by atoms with E-state index in [1.54, 1.807) is 7.11 Å². The van der Waals surface area contributed by atoms with Crippen LogP contribution in [0.2, 0.25) is 0 Å². The van der Waals surface area contributed by atoms with E-state index in [4.69, 9.17) is 9.47 Å². The number of hydrogen-bond acceptors (Lipinski definition) is 3. The summed E-state index contributed by atoms with van der Waals surface area (Å²) in [7, 11) is 3.69. The van der Waals surface area contributed by atoms with Gasteiger partial charge in [0.05, 0.1) is 26.3 Å². The van der Waals surface area contributed by atoms with Gasteiger partial charge in [-0.2, -0.15) is 0 Å². The van der Waals surface area contributed by atoms with Gasteiger partial charge in [0.1, 0.15) is 12.6 Å². The highest BCUT2D eigenvalue weighted by Gasteiger charge is 2.27. The molecule has 2 aromatic carbocycles. The number of quaternary nitrogens is 1. The van der Waals surface area contributed by atoms with Gasteiger partial charge in [-0.05, 0) is 45.0 Å². The Bertz CT molecular complexity index is 977. The van der Waals surface area contributed by atoms with Crippen molar-refractivity contribution in [3.8, 4) is 11.5 Å². The van der Waals surface area contributed by atoms with Crippen LogP contribution in [-0.2, 0) is 6.54 Å². The molecule has 28 heavy (non-hydrogen) atoms. The lowest BCUT2D eigenvalue weighted by atomic mass is 10.0. The molecule has 0 fully saturated rings. The predicted octanol–water partition coefficient (Wildman–Crippen LogP) is 3.17. The maximum atomic E-state index is 13.2. The number of carbonyl (C=O) groups is 1. The smallest absolute Gasteiger partial charge is 0.222 e. The number of likely N-dealkylation sites (N-methyl/N-ethyl adjacent to an activating group) is 1. The summed E-state index contributed by atoms with van der Waals surface area (Å²) in [6.07, 6.45) is 0. The van der Waals surface area contributed by atoms with E-state index in [0.29, 0.717) is 6.61 Å². The number of aryl methyl sites for hydroxylation is 1. The Morgan fingerprint density at radius 2 is 1.93 bits per heavy atom. The van der Waals surface area contributed by atoms with Crippen LogP contribution in [0.25, 0.3) is 10.9 Å². The van der Waals surface area contributed by atoms with Gasteiger partial charge in [0.25, 0.3) is 0 Å². The first-order valence-electron chi connectivity index (χ1n) is 9.69. The van der Waals surface area contributed by atoms with Gasteiger partial charge in [0.15, 0.2) is 11.5 Å². The summed E-state index contributed by atoms with van der Waals surface area (Å²) in [5.74, 6) is 1.62. The fourth-order valence-electron chi connectivity index (χ4n) is 3.61. The standard InChI is InChI=1S/C23H28N2O3/c1-6-28-20-12-11-17(13-21(20)27-5)14-25(4)16(3)23(26)22-15(2)24-19-10-8-7-9-18(19)22/h7-13,16,24H,6,14H2,1-5H3/p+1/t16-/m1/s1. The lowest BCUT2D eigenvalue weighted by Gasteiger charge is -2.21. The molecule has 3 aromatic rings. The van der Waals surface area contributed by atoms with Crippen molar-refractivity contribution in [3.05, 3.63) is 59.3 Å². The second kappa shape index (κ2) is 8.48. The first-order valence-corrected chi connectivity index (χ1v) is 9.69. The second-order valence-electron chi connectivity index (χ2n) is 7.20. The number of aromatic amines is 1. The van der Waals surface area contributed by atoms with E-state index in [2.05, 4.69) is 12.0 Å². The molecule has 1 unspecified atom stereocenters. The van der Waals surface area contributed by atoms with Crippen molar-refractivity contribution in [1.82, 2.24) is 4.98 Å². The summed E-state index contributed by atoms with van der Waals surface area (Å²) < 4.78 is 11.0. The molecular weight excluding hydrogens is 352 g/mol. The SMILES string of the molecule is CCOc1ccc(C[NH+](C)[C@H](C)C(=O)c2c(C)[nH]c3ccccc23)cc1OC. The molecule has 0 radical (unpaired) electrons. The van der Waals surface area contributed by atoms with E-state index >= 15 is 0 Å². The largest absolute Gasteiger partial charge is 0.493 e.